The zero-order valence-corrected chi connectivity index (χ0v) is 14.2. The van der Waals surface area contributed by atoms with E-state index in [1.165, 1.54) is 7.11 Å². The summed E-state index contributed by atoms with van der Waals surface area (Å²) in [5.74, 6) is 0. The van der Waals surface area contributed by atoms with Crippen molar-refractivity contribution in [1.29, 1.82) is 0 Å². The molecule has 0 aromatic heterocycles. The van der Waals surface area contributed by atoms with Gasteiger partial charge in [-0.05, 0) is 11.1 Å². The fraction of sp³-hybridized carbons (Fsp3) is 0.400. The van der Waals surface area contributed by atoms with Gasteiger partial charge in [0.15, 0.2) is 6.29 Å². The Bertz CT molecular complexity index is 664. The Balaban J connectivity index is 1.61. The van der Waals surface area contributed by atoms with Crippen molar-refractivity contribution in [2.75, 3.05) is 13.7 Å². The van der Waals surface area contributed by atoms with E-state index in [2.05, 4.69) is 0 Å². The van der Waals surface area contributed by atoms with Gasteiger partial charge in [0.2, 0.25) is 0 Å². The predicted octanol–water partition coefficient (Wildman–Crippen LogP) is 2.52. The molecule has 25 heavy (non-hydrogen) atoms. The first kappa shape index (κ1) is 16.7. The summed E-state index contributed by atoms with van der Waals surface area (Å²) in [5, 5.41) is 10.5. The Morgan fingerprint density at radius 2 is 1.60 bits per heavy atom. The van der Waals surface area contributed by atoms with Crippen LogP contribution in [-0.4, -0.2) is 43.4 Å². The lowest BCUT2D eigenvalue weighted by Gasteiger charge is -2.20. The van der Waals surface area contributed by atoms with E-state index in [1.54, 1.807) is 0 Å². The molecule has 1 aliphatic heterocycles. The van der Waals surface area contributed by atoms with E-state index in [0.29, 0.717) is 6.61 Å². The molecule has 1 saturated heterocycles. The Hall–Kier alpha value is -1.76. The molecule has 2 aromatic rings. The fourth-order valence-electron chi connectivity index (χ4n) is 2.75. The first-order valence-corrected chi connectivity index (χ1v) is 8.29. The number of hydrogen-bond donors (Lipinski definition) is 1. The minimum Gasteiger partial charge on any atom is -0.385 e. The third-order valence-corrected chi connectivity index (χ3v) is 4.05. The van der Waals surface area contributed by atoms with Crippen molar-refractivity contribution in [3.05, 3.63) is 71.8 Å². The van der Waals surface area contributed by atoms with Crippen molar-refractivity contribution in [1.82, 2.24) is 0 Å². The summed E-state index contributed by atoms with van der Waals surface area (Å²) in [7, 11) is 1.39. The molecule has 1 heterocycles. The standard InChI is InChI=1S/C20H24O5/c1-22-20-18(21)19(24-13-16-10-6-3-7-11-16)17(25-20)14-23-12-15-8-4-2-5-9-15/h2-11,17-21H,12-14H2,1H3/t17-,18+,19-,20?/m1/s1/i18D. The molecule has 1 fully saturated rings. The fourth-order valence-corrected chi connectivity index (χ4v) is 2.75. The minimum absolute atomic E-state index is 0.190. The first-order valence-electron chi connectivity index (χ1n) is 8.79. The van der Waals surface area contributed by atoms with Crippen molar-refractivity contribution < 1.29 is 25.4 Å². The molecule has 1 aliphatic rings. The molecule has 0 amide bonds. The average Bonchev–Trinajstić information content (AvgIpc) is 2.91. The van der Waals surface area contributed by atoms with Crippen molar-refractivity contribution >= 4 is 0 Å². The molecular weight excluding hydrogens is 320 g/mol. The van der Waals surface area contributed by atoms with Gasteiger partial charge in [-0.3, -0.25) is 0 Å². The number of benzene rings is 2. The summed E-state index contributed by atoms with van der Waals surface area (Å²) in [4.78, 5) is 0. The smallest absolute Gasteiger partial charge is 0.186 e. The van der Waals surface area contributed by atoms with Gasteiger partial charge >= 0.3 is 0 Å². The van der Waals surface area contributed by atoms with Gasteiger partial charge in [-0.2, -0.15) is 0 Å². The Kier molecular flexibility index (Phi) is 6.06. The van der Waals surface area contributed by atoms with Crippen LogP contribution < -0.4 is 0 Å². The molecule has 0 spiro atoms. The maximum atomic E-state index is 10.5. The Labute approximate surface area is 149 Å². The summed E-state index contributed by atoms with van der Waals surface area (Å²) in [6.45, 7) is 0.872. The zero-order valence-electron chi connectivity index (χ0n) is 15.2. The van der Waals surface area contributed by atoms with Crippen molar-refractivity contribution in [3.63, 3.8) is 0 Å². The van der Waals surface area contributed by atoms with Gasteiger partial charge in [0.25, 0.3) is 0 Å². The molecule has 3 rings (SSSR count). The summed E-state index contributed by atoms with van der Waals surface area (Å²) in [5.41, 5.74) is 1.99. The number of rotatable bonds is 8. The van der Waals surface area contributed by atoms with Crippen LogP contribution in [0.15, 0.2) is 60.7 Å². The lowest BCUT2D eigenvalue weighted by atomic mass is 10.1. The third-order valence-electron chi connectivity index (χ3n) is 4.05. The number of ether oxygens (including phenoxy) is 4. The molecule has 0 radical (unpaired) electrons. The van der Waals surface area contributed by atoms with Crippen LogP contribution >= 0.6 is 0 Å². The topological polar surface area (TPSA) is 57.2 Å². The summed E-state index contributed by atoms with van der Waals surface area (Å²) in [6.07, 6.45) is -4.59. The average molecular weight is 345 g/mol. The molecule has 0 aliphatic carbocycles. The summed E-state index contributed by atoms with van der Waals surface area (Å²) in [6, 6.07) is 19.4. The highest BCUT2D eigenvalue weighted by Gasteiger charge is 2.44. The van der Waals surface area contributed by atoms with Crippen LogP contribution in [0.1, 0.15) is 12.5 Å². The summed E-state index contributed by atoms with van der Waals surface area (Å²) < 4.78 is 30.5. The molecule has 5 heteroatoms. The van der Waals surface area contributed by atoms with Crippen molar-refractivity contribution in [2.24, 2.45) is 0 Å². The third kappa shape index (κ3) is 4.87. The maximum absolute atomic E-state index is 10.5. The number of aliphatic hydroxyl groups is 1. The normalized spacial score (nSPS) is 29.5. The highest BCUT2D eigenvalue weighted by molar-refractivity contribution is 5.14. The number of hydrogen-bond acceptors (Lipinski definition) is 5. The van der Waals surface area contributed by atoms with E-state index < -0.39 is 24.6 Å². The lowest BCUT2D eigenvalue weighted by molar-refractivity contribution is -0.156. The highest BCUT2D eigenvalue weighted by Crippen LogP contribution is 2.26. The molecule has 4 atom stereocenters. The van der Waals surface area contributed by atoms with E-state index in [1.807, 2.05) is 60.7 Å². The lowest BCUT2D eigenvalue weighted by Crippen LogP contribution is -2.37. The van der Waals surface area contributed by atoms with Gasteiger partial charge in [-0.25, -0.2) is 0 Å². The van der Waals surface area contributed by atoms with Gasteiger partial charge in [-0.1, -0.05) is 60.7 Å². The summed E-state index contributed by atoms with van der Waals surface area (Å²) >= 11 is 0. The second kappa shape index (κ2) is 9.08. The van der Waals surface area contributed by atoms with E-state index in [4.69, 9.17) is 20.3 Å². The van der Waals surface area contributed by atoms with Crippen molar-refractivity contribution in [2.45, 2.75) is 37.8 Å². The van der Waals surface area contributed by atoms with Crippen LogP contribution in [0.4, 0.5) is 0 Å². The van der Waals surface area contributed by atoms with Gasteiger partial charge in [0.05, 0.1) is 21.2 Å². The molecule has 0 bridgehead atoms. The number of methoxy groups -OCH3 is 1. The molecular formula is C20H24O5. The van der Waals surface area contributed by atoms with Crippen LogP contribution in [0, 0.1) is 0 Å². The van der Waals surface area contributed by atoms with Crippen LogP contribution in [0.2, 0.25) is 0 Å². The van der Waals surface area contributed by atoms with Gasteiger partial charge in [-0.15, -0.1) is 0 Å². The molecule has 0 saturated carbocycles. The van der Waals surface area contributed by atoms with E-state index in [9.17, 15) is 5.11 Å². The van der Waals surface area contributed by atoms with Gasteiger partial charge in [0, 0.05) is 7.11 Å². The SMILES string of the molecule is [2H][C@@]1(O)C(OC)O[C@H](COCc2ccccc2)[C@H]1OCc1ccccc1. The Morgan fingerprint density at radius 3 is 2.20 bits per heavy atom. The first-order chi connectivity index (χ1) is 12.6. The molecule has 1 N–H and O–H groups in total. The Morgan fingerprint density at radius 1 is 1.00 bits per heavy atom. The van der Waals surface area contributed by atoms with Gasteiger partial charge in [0.1, 0.15) is 18.3 Å². The second-order valence-corrected chi connectivity index (χ2v) is 5.88. The molecule has 134 valence electrons. The molecule has 2 aromatic carbocycles. The molecule has 1 unspecified atom stereocenters. The predicted molar refractivity (Wildman–Crippen MR) is 92.8 cm³/mol. The van der Waals surface area contributed by atoms with Crippen LogP contribution in [0.3, 0.4) is 0 Å². The van der Waals surface area contributed by atoms with E-state index in [-0.39, 0.29) is 13.2 Å². The van der Waals surface area contributed by atoms with Crippen LogP contribution in [0.25, 0.3) is 0 Å². The van der Waals surface area contributed by atoms with E-state index in [0.717, 1.165) is 11.1 Å². The second-order valence-electron chi connectivity index (χ2n) is 5.88. The highest BCUT2D eigenvalue weighted by atomic mass is 16.7. The maximum Gasteiger partial charge on any atom is 0.186 e. The largest absolute Gasteiger partial charge is 0.385 e. The monoisotopic (exact) mass is 345 g/mol. The zero-order chi connectivity index (χ0) is 18.4. The van der Waals surface area contributed by atoms with Crippen molar-refractivity contribution in [3.8, 4) is 0 Å². The van der Waals surface area contributed by atoms with Gasteiger partial charge < -0.3 is 24.1 Å². The van der Waals surface area contributed by atoms with Crippen LogP contribution in [0.5, 0.6) is 0 Å². The minimum atomic E-state index is -2.01. The quantitative estimate of drug-likeness (QED) is 0.797. The molecule has 5 nitrogen and oxygen atoms in total. The van der Waals surface area contributed by atoms with E-state index >= 15 is 0 Å². The van der Waals surface area contributed by atoms with Crippen LogP contribution in [-0.2, 0) is 32.2 Å².